The first-order chi connectivity index (χ1) is 9.22. The number of halogens is 1. The first-order valence-electron chi connectivity index (χ1n) is 6.99. The molecule has 1 rings (SSSR count). The molecule has 0 fully saturated rings. The molecular formula is C15H24BrNO2. The Morgan fingerprint density at radius 1 is 1.21 bits per heavy atom. The molecule has 2 N–H and O–H groups in total. The lowest BCUT2D eigenvalue weighted by Crippen LogP contribution is -2.32. The van der Waals surface area contributed by atoms with Crippen molar-refractivity contribution < 1.29 is 9.84 Å². The highest BCUT2D eigenvalue weighted by Gasteiger charge is 2.04. The molecule has 1 aromatic rings. The molecule has 1 aromatic carbocycles. The molecule has 0 spiro atoms. The smallest absolute Gasteiger partial charge is 0.119 e. The van der Waals surface area contributed by atoms with E-state index in [0.29, 0.717) is 13.2 Å². The van der Waals surface area contributed by atoms with E-state index in [-0.39, 0.29) is 0 Å². The van der Waals surface area contributed by atoms with E-state index < -0.39 is 6.10 Å². The van der Waals surface area contributed by atoms with Crippen molar-refractivity contribution in [2.24, 2.45) is 0 Å². The maximum absolute atomic E-state index is 9.77. The van der Waals surface area contributed by atoms with E-state index in [9.17, 15) is 5.11 Å². The summed E-state index contributed by atoms with van der Waals surface area (Å²) < 4.78 is 6.53. The molecule has 3 nitrogen and oxygen atoms in total. The second-order valence-electron chi connectivity index (χ2n) is 4.68. The molecule has 108 valence electrons. The van der Waals surface area contributed by atoms with Gasteiger partial charge in [0.2, 0.25) is 0 Å². The minimum atomic E-state index is -0.463. The summed E-state index contributed by atoms with van der Waals surface area (Å²) in [7, 11) is 0. The summed E-state index contributed by atoms with van der Waals surface area (Å²) in [6.45, 7) is 4.08. The fourth-order valence-corrected chi connectivity index (χ4v) is 1.99. The van der Waals surface area contributed by atoms with Gasteiger partial charge in [-0.05, 0) is 37.2 Å². The van der Waals surface area contributed by atoms with Gasteiger partial charge in [-0.3, -0.25) is 0 Å². The fourth-order valence-electron chi connectivity index (χ4n) is 1.73. The van der Waals surface area contributed by atoms with Crippen LogP contribution in [0.15, 0.2) is 28.7 Å². The predicted molar refractivity (Wildman–Crippen MR) is 82.7 cm³/mol. The zero-order valence-electron chi connectivity index (χ0n) is 11.6. The molecule has 0 saturated heterocycles. The number of aliphatic hydroxyl groups is 1. The third-order valence-electron chi connectivity index (χ3n) is 2.84. The van der Waals surface area contributed by atoms with Crippen LogP contribution in [-0.2, 0) is 0 Å². The normalized spacial score (nSPS) is 12.4. The molecule has 0 aliphatic carbocycles. The lowest BCUT2D eigenvalue weighted by atomic mass is 10.2. The topological polar surface area (TPSA) is 41.5 Å². The van der Waals surface area contributed by atoms with Crippen LogP contribution >= 0.6 is 15.9 Å². The highest BCUT2D eigenvalue weighted by atomic mass is 79.9. The summed E-state index contributed by atoms with van der Waals surface area (Å²) in [6, 6.07) is 7.62. The summed E-state index contributed by atoms with van der Waals surface area (Å²) in [5.41, 5.74) is 0. The standard InChI is InChI=1S/C15H24BrNO2/c1-2-3-4-5-10-17-11-14(18)12-19-15-8-6-13(16)7-9-15/h6-9,14,17-18H,2-5,10-12H2,1H3/t14-/m1/s1. The zero-order valence-corrected chi connectivity index (χ0v) is 13.2. The van der Waals surface area contributed by atoms with E-state index in [1.165, 1.54) is 25.7 Å². The Balaban J connectivity index is 2.04. The van der Waals surface area contributed by atoms with Crippen molar-refractivity contribution >= 4 is 15.9 Å². The van der Waals surface area contributed by atoms with E-state index in [0.717, 1.165) is 16.8 Å². The van der Waals surface area contributed by atoms with Crippen LogP contribution in [0.5, 0.6) is 5.75 Å². The second kappa shape index (κ2) is 10.2. The van der Waals surface area contributed by atoms with Crippen molar-refractivity contribution in [1.82, 2.24) is 5.32 Å². The number of unbranched alkanes of at least 4 members (excludes halogenated alkanes) is 3. The monoisotopic (exact) mass is 329 g/mol. The average molecular weight is 330 g/mol. The van der Waals surface area contributed by atoms with Crippen LogP contribution in [0.4, 0.5) is 0 Å². The van der Waals surface area contributed by atoms with Gasteiger partial charge in [-0.1, -0.05) is 42.1 Å². The number of hydrogen-bond acceptors (Lipinski definition) is 3. The third-order valence-corrected chi connectivity index (χ3v) is 3.37. The molecule has 0 unspecified atom stereocenters. The number of hydrogen-bond donors (Lipinski definition) is 2. The Hall–Kier alpha value is -0.580. The first kappa shape index (κ1) is 16.5. The van der Waals surface area contributed by atoms with Crippen molar-refractivity contribution in [3.05, 3.63) is 28.7 Å². The van der Waals surface area contributed by atoms with Gasteiger partial charge in [0.25, 0.3) is 0 Å². The summed E-state index contributed by atoms with van der Waals surface area (Å²) in [5, 5.41) is 13.0. The molecule has 4 heteroatoms. The molecule has 0 bridgehead atoms. The van der Waals surface area contributed by atoms with Crippen molar-refractivity contribution in [2.45, 2.75) is 38.7 Å². The molecule has 0 aromatic heterocycles. The number of benzene rings is 1. The van der Waals surface area contributed by atoms with Crippen LogP contribution in [0.3, 0.4) is 0 Å². The van der Waals surface area contributed by atoms with Gasteiger partial charge in [-0.25, -0.2) is 0 Å². The maximum atomic E-state index is 9.77. The van der Waals surface area contributed by atoms with Crippen molar-refractivity contribution in [1.29, 1.82) is 0 Å². The molecule has 0 radical (unpaired) electrons. The quantitative estimate of drug-likeness (QED) is 0.647. The van der Waals surface area contributed by atoms with E-state index in [1.54, 1.807) is 0 Å². The average Bonchev–Trinajstić information content (AvgIpc) is 2.42. The summed E-state index contributed by atoms with van der Waals surface area (Å²) >= 11 is 3.37. The third kappa shape index (κ3) is 8.24. The molecule has 0 amide bonds. The van der Waals surface area contributed by atoms with Gasteiger partial charge in [0.15, 0.2) is 0 Å². The van der Waals surface area contributed by atoms with Crippen LogP contribution in [0.25, 0.3) is 0 Å². The van der Waals surface area contributed by atoms with Crippen LogP contribution in [0, 0.1) is 0 Å². The van der Waals surface area contributed by atoms with E-state index in [1.807, 2.05) is 24.3 Å². The summed E-state index contributed by atoms with van der Waals surface area (Å²) in [6.07, 6.45) is 4.51. The van der Waals surface area contributed by atoms with Gasteiger partial charge in [-0.15, -0.1) is 0 Å². The molecule has 19 heavy (non-hydrogen) atoms. The van der Waals surface area contributed by atoms with Gasteiger partial charge >= 0.3 is 0 Å². The van der Waals surface area contributed by atoms with E-state index >= 15 is 0 Å². The highest BCUT2D eigenvalue weighted by Crippen LogP contribution is 2.16. The Morgan fingerprint density at radius 3 is 2.63 bits per heavy atom. The van der Waals surface area contributed by atoms with E-state index in [2.05, 4.69) is 28.2 Å². The van der Waals surface area contributed by atoms with Crippen molar-refractivity contribution in [2.75, 3.05) is 19.7 Å². The predicted octanol–water partition coefficient (Wildman–Crippen LogP) is 3.36. The van der Waals surface area contributed by atoms with Gasteiger partial charge < -0.3 is 15.2 Å². The van der Waals surface area contributed by atoms with Crippen molar-refractivity contribution in [3.63, 3.8) is 0 Å². The first-order valence-corrected chi connectivity index (χ1v) is 7.79. The molecule has 0 aliphatic rings. The Bertz CT molecular complexity index is 329. The molecule has 1 atom stereocenters. The van der Waals surface area contributed by atoms with Gasteiger partial charge in [-0.2, -0.15) is 0 Å². The second-order valence-corrected chi connectivity index (χ2v) is 5.60. The van der Waals surface area contributed by atoms with Gasteiger partial charge in [0.1, 0.15) is 18.5 Å². The largest absolute Gasteiger partial charge is 0.491 e. The molecule has 0 heterocycles. The fraction of sp³-hybridized carbons (Fsp3) is 0.600. The van der Waals surface area contributed by atoms with Crippen LogP contribution < -0.4 is 10.1 Å². The van der Waals surface area contributed by atoms with E-state index in [4.69, 9.17) is 4.74 Å². The molecule has 0 saturated carbocycles. The maximum Gasteiger partial charge on any atom is 0.119 e. The molecular weight excluding hydrogens is 306 g/mol. The van der Waals surface area contributed by atoms with Crippen LogP contribution in [0.2, 0.25) is 0 Å². The SMILES string of the molecule is CCCCCCNC[C@@H](O)COc1ccc(Br)cc1. The number of nitrogens with one attached hydrogen (secondary N) is 1. The van der Waals surface area contributed by atoms with Crippen LogP contribution in [0.1, 0.15) is 32.6 Å². The highest BCUT2D eigenvalue weighted by molar-refractivity contribution is 9.10. The number of rotatable bonds is 10. The lowest BCUT2D eigenvalue weighted by molar-refractivity contribution is 0.106. The van der Waals surface area contributed by atoms with Crippen LogP contribution in [-0.4, -0.2) is 30.9 Å². The number of aliphatic hydroxyl groups excluding tert-OH is 1. The van der Waals surface area contributed by atoms with Crippen molar-refractivity contribution in [3.8, 4) is 5.75 Å². The van der Waals surface area contributed by atoms with Gasteiger partial charge in [0.05, 0.1) is 0 Å². The zero-order chi connectivity index (χ0) is 13.9. The minimum Gasteiger partial charge on any atom is -0.491 e. The number of ether oxygens (including phenoxy) is 1. The van der Waals surface area contributed by atoms with Gasteiger partial charge in [0, 0.05) is 11.0 Å². The Morgan fingerprint density at radius 2 is 1.95 bits per heavy atom. The minimum absolute atomic E-state index is 0.323. The Kier molecular flexibility index (Phi) is 8.88. The summed E-state index contributed by atoms with van der Waals surface area (Å²) in [4.78, 5) is 0. The Labute approximate surface area is 124 Å². The lowest BCUT2D eigenvalue weighted by Gasteiger charge is -2.13. The summed E-state index contributed by atoms with van der Waals surface area (Å²) in [5.74, 6) is 0.783. The molecule has 0 aliphatic heterocycles.